The average Bonchev–Trinajstić information content (AvgIpc) is 2.74. The van der Waals surface area contributed by atoms with Crippen LogP contribution in [0.2, 0.25) is 5.02 Å². The predicted octanol–water partition coefficient (Wildman–Crippen LogP) is 4.42. The molecule has 0 saturated carbocycles. The van der Waals surface area contributed by atoms with Gasteiger partial charge in [0.15, 0.2) is 0 Å². The van der Waals surface area contributed by atoms with Crippen LogP contribution in [0.5, 0.6) is 0 Å². The number of nitrogens with zero attached hydrogens (tertiary/aromatic N) is 4. The lowest BCUT2D eigenvalue weighted by Crippen LogP contribution is -2.50. The molecule has 1 amide bonds. The van der Waals surface area contributed by atoms with Crippen molar-refractivity contribution in [3.63, 3.8) is 0 Å². The molecule has 156 valence electrons. The van der Waals surface area contributed by atoms with E-state index in [2.05, 4.69) is 58.2 Å². The zero-order chi connectivity index (χ0) is 21.1. The van der Waals surface area contributed by atoms with E-state index in [1.54, 1.807) is 5.01 Å². The van der Waals surface area contributed by atoms with Crippen molar-refractivity contribution >= 4 is 35.0 Å². The SMILES string of the molecule is CC1=NN(CN2CCN(c3cccc(Cl)c3)CC2)C(=O)C/C1=C/c1ccc(C)cc1. The summed E-state index contributed by atoms with van der Waals surface area (Å²) in [4.78, 5) is 17.3. The molecule has 2 aromatic carbocycles. The van der Waals surface area contributed by atoms with E-state index in [0.717, 1.165) is 53.7 Å². The van der Waals surface area contributed by atoms with Gasteiger partial charge in [-0.15, -0.1) is 0 Å². The molecular formula is C24H27ClN4O. The Morgan fingerprint density at radius 3 is 2.47 bits per heavy atom. The molecule has 0 aliphatic carbocycles. The largest absolute Gasteiger partial charge is 0.369 e. The van der Waals surface area contributed by atoms with E-state index in [1.165, 1.54) is 5.56 Å². The van der Waals surface area contributed by atoms with Crippen molar-refractivity contribution in [2.45, 2.75) is 20.3 Å². The van der Waals surface area contributed by atoms with Gasteiger partial charge in [-0.05, 0) is 49.3 Å². The minimum atomic E-state index is 0.0521. The molecule has 0 aromatic heterocycles. The molecule has 30 heavy (non-hydrogen) atoms. The summed E-state index contributed by atoms with van der Waals surface area (Å²) in [5, 5.41) is 6.98. The Morgan fingerprint density at radius 1 is 1.03 bits per heavy atom. The fourth-order valence-corrected chi connectivity index (χ4v) is 4.01. The van der Waals surface area contributed by atoms with Crippen LogP contribution in [0.25, 0.3) is 6.08 Å². The number of rotatable bonds is 4. The Labute approximate surface area is 183 Å². The highest BCUT2D eigenvalue weighted by Gasteiger charge is 2.26. The molecule has 0 unspecified atom stereocenters. The Morgan fingerprint density at radius 2 is 1.77 bits per heavy atom. The topological polar surface area (TPSA) is 39.1 Å². The van der Waals surface area contributed by atoms with Crippen molar-refractivity contribution < 1.29 is 4.79 Å². The van der Waals surface area contributed by atoms with E-state index in [0.29, 0.717) is 13.1 Å². The molecular weight excluding hydrogens is 396 g/mol. The zero-order valence-corrected chi connectivity index (χ0v) is 18.3. The molecule has 0 atom stereocenters. The molecule has 0 N–H and O–H groups in total. The number of amides is 1. The maximum atomic E-state index is 12.7. The van der Waals surface area contributed by atoms with Crippen LogP contribution in [-0.4, -0.2) is 54.4 Å². The molecule has 2 aromatic rings. The number of carbonyl (C=O) groups is 1. The lowest BCUT2D eigenvalue weighted by Gasteiger charge is -2.38. The third-order valence-electron chi connectivity index (χ3n) is 5.66. The summed E-state index contributed by atoms with van der Waals surface area (Å²) < 4.78 is 0. The second-order valence-corrected chi connectivity index (χ2v) is 8.40. The van der Waals surface area contributed by atoms with Gasteiger partial charge in [0, 0.05) is 36.9 Å². The van der Waals surface area contributed by atoms with Gasteiger partial charge in [-0.3, -0.25) is 9.69 Å². The lowest BCUT2D eigenvalue weighted by atomic mass is 10.0. The summed E-state index contributed by atoms with van der Waals surface area (Å²) in [5.74, 6) is 0.0521. The lowest BCUT2D eigenvalue weighted by molar-refractivity contribution is -0.133. The molecule has 1 fully saturated rings. The van der Waals surface area contributed by atoms with Gasteiger partial charge in [-0.1, -0.05) is 47.5 Å². The van der Waals surface area contributed by atoms with Gasteiger partial charge in [-0.25, -0.2) is 5.01 Å². The van der Waals surface area contributed by atoms with Crippen molar-refractivity contribution in [3.8, 4) is 0 Å². The van der Waals surface area contributed by atoms with E-state index in [9.17, 15) is 4.79 Å². The van der Waals surface area contributed by atoms with Gasteiger partial charge in [0.2, 0.25) is 5.91 Å². The van der Waals surface area contributed by atoms with Crippen LogP contribution in [0, 0.1) is 6.92 Å². The normalized spacial score (nSPS) is 19.4. The van der Waals surface area contributed by atoms with Crippen molar-refractivity contribution in [1.29, 1.82) is 0 Å². The van der Waals surface area contributed by atoms with E-state index in [4.69, 9.17) is 11.6 Å². The van der Waals surface area contributed by atoms with Crippen LogP contribution in [0.3, 0.4) is 0 Å². The fraction of sp³-hybridized carbons (Fsp3) is 0.333. The van der Waals surface area contributed by atoms with E-state index in [-0.39, 0.29) is 5.91 Å². The summed E-state index contributed by atoms with van der Waals surface area (Å²) in [5.41, 5.74) is 5.38. The van der Waals surface area contributed by atoms with Crippen LogP contribution in [0.1, 0.15) is 24.5 Å². The Balaban J connectivity index is 1.37. The van der Waals surface area contributed by atoms with E-state index >= 15 is 0 Å². The van der Waals surface area contributed by atoms with Gasteiger partial charge in [0.25, 0.3) is 0 Å². The molecule has 0 spiro atoms. The number of hydrogen-bond acceptors (Lipinski definition) is 4. The van der Waals surface area contributed by atoms with Crippen molar-refractivity contribution in [3.05, 3.63) is 70.3 Å². The van der Waals surface area contributed by atoms with Crippen LogP contribution in [0.4, 0.5) is 5.69 Å². The smallest absolute Gasteiger partial charge is 0.248 e. The zero-order valence-electron chi connectivity index (χ0n) is 17.5. The molecule has 6 heteroatoms. The maximum absolute atomic E-state index is 12.7. The van der Waals surface area contributed by atoms with E-state index < -0.39 is 0 Å². The molecule has 4 rings (SSSR count). The number of benzene rings is 2. The van der Waals surface area contributed by atoms with Gasteiger partial charge in [0.1, 0.15) is 0 Å². The number of halogens is 1. The predicted molar refractivity (Wildman–Crippen MR) is 124 cm³/mol. The van der Waals surface area contributed by atoms with Crippen LogP contribution in [0.15, 0.2) is 59.2 Å². The molecule has 2 aliphatic rings. The van der Waals surface area contributed by atoms with Gasteiger partial charge in [0.05, 0.1) is 18.8 Å². The number of anilines is 1. The van der Waals surface area contributed by atoms with Gasteiger partial charge in [-0.2, -0.15) is 5.10 Å². The number of aryl methyl sites for hydroxylation is 1. The molecule has 0 radical (unpaired) electrons. The van der Waals surface area contributed by atoms with E-state index in [1.807, 2.05) is 25.1 Å². The quantitative estimate of drug-likeness (QED) is 0.732. The minimum Gasteiger partial charge on any atom is -0.369 e. The summed E-state index contributed by atoms with van der Waals surface area (Å²) in [6, 6.07) is 16.3. The molecule has 1 saturated heterocycles. The maximum Gasteiger partial charge on any atom is 0.248 e. The summed E-state index contributed by atoms with van der Waals surface area (Å²) >= 11 is 6.12. The molecule has 0 bridgehead atoms. The molecule has 5 nitrogen and oxygen atoms in total. The van der Waals surface area contributed by atoms with Crippen LogP contribution in [-0.2, 0) is 4.79 Å². The first-order valence-corrected chi connectivity index (χ1v) is 10.7. The number of hydrazone groups is 1. The number of hydrogen-bond donors (Lipinski definition) is 0. The summed E-state index contributed by atoms with van der Waals surface area (Å²) in [6.07, 6.45) is 2.46. The standard InChI is InChI=1S/C24H27ClN4O/c1-18-6-8-20(9-7-18)14-21-15-24(30)29(26-19(21)2)17-27-10-12-28(13-11-27)23-5-3-4-22(25)16-23/h3-9,14,16H,10-13,15,17H2,1-2H3/b21-14-. The molecule has 2 aliphatic heterocycles. The summed E-state index contributed by atoms with van der Waals surface area (Å²) in [7, 11) is 0. The second-order valence-electron chi connectivity index (χ2n) is 7.96. The van der Waals surface area contributed by atoms with Crippen molar-refractivity contribution in [2.24, 2.45) is 5.10 Å². The highest BCUT2D eigenvalue weighted by atomic mass is 35.5. The van der Waals surface area contributed by atoms with Gasteiger partial charge < -0.3 is 4.90 Å². The van der Waals surface area contributed by atoms with Crippen molar-refractivity contribution in [2.75, 3.05) is 37.7 Å². The third kappa shape index (κ3) is 4.91. The first-order valence-electron chi connectivity index (χ1n) is 10.3. The third-order valence-corrected chi connectivity index (χ3v) is 5.90. The van der Waals surface area contributed by atoms with Gasteiger partial charge >= 0.3 is 0 Å². The average molecular weight is 423 g/mol. The monoisotopic (exact) mass is 422 g/mol. The number of piperazine rings is 1. The van der Waals surface area contributed by atoms with Crippen LogP contribution < -0.4 is 4.90 Å². The Hall–Kier alpha value is -2.63. The number of carbonyl (C=O) groups excluding carboxylic acids is 1. The molecule has 2 heterocycles. The fourth-order valence-electron chi connectivity index (χ4n) is 3.82. The highest BCUT2D eigenvalue weighted by Crippen LogP contribution is 2.22. The second kappa shape index (κ2) is 9.02. The summed E-state index contributed by atoms with van der Waals surface area (Å²) in [6.45, 7) is 8.18. The first kappa shape index (κ1) is 20.6. The first-order chi connectivity index (χ1) is 14.5. The Kier molecular flexibility index (Phi) is 6.21. The highest BCUT2D eigenvalue weighted by molar-refractivity contribution is 6.30. The minimum absolute atomic E-state index is 0.0521. The Bertz CT molecular complexity index is 975. The van der Waals surface area contributed by atoms with Crippen LogP contribution >= 0.6 is 11.6 Å². The van der Waals surface area contributed by atoms with Crippen molar-refractivity contribution in [1.82, 2.24) is 9.91 Å².